The number of hydrogen-bond acceptors (Lipinski definition) is 3. The number of nitrogens with zero attached hydrogens (tertiary/aromatic N) is 1. The zero-order valence-corrected chi connectivity index (χ0v) is 12.4. The maximum absolute atomic E-state index is 13.7. The second-order valence-corrected chi connectivity index (χ2v) is 5.20. The minimum Gasteiger partial charge on any atom is -0.324 e. The highest BCUT2D eigenvalue weighted by Crippen LogP contribution is 2.25. The average molecular weight is 330 g/mol. The third-order valence-corrected chi connectivity index (χ3v) is 3.66. The fraction of sp³-hybridized carbons (Fsp3) is 0.118. The molecule has 0 saturated carbocycles. The summed E-state index contributed by atoms with van der Waals surface area (Å²) in [6, 6.07) is 9.43. The van der Waals surface area contributed by atoms with E-state index in [1.54, 1.807) is 6.07 Å². The summed E-state index contributed by atoms with van der Waals surface area (Å²) < 4.78 is 27.2. The zero-order valence-electron chi connectivity index (χ0n) is 12.4. The summed E-state index contributed by atoms with van der Waals surface area (Å²) in [6.45, 7) is -0.216. The van der Waals surface area contributed by atoms with Gasteiger partial charge < -0.3 is 5.32 Å². The van der Waals surface area contributed by atoms with Gasteiger partial charge in [0.05, 0.1) is 16.8 Å². The highest BCUT2D eigenvalue weighted by molar-refractivity contribution is 6.21. The Kier molecular flexibility index (Phi) is 4.07. The predicted molar refractivity (Wildman–Crippen MR) is 81.4 cm³/mol. The van der Waals surface area contributed by atoms with Crippen molar-refractivity contribution in [3.63, 3.8) is 0 Å². The average Bonchev–Trinajstić information content (AvgIpc) is 2.80. The lowest BCUT2D eigenvalue weighted by Crippen LogP contribution is -2.33. The van der Waals surface area contributed by atoms with E-state index in [2.05, 4.69) is 5.32 Å². The van der Waals surface area contributed by atoms with Gasteiger partial charge in [-0.2, -0.15) is 0 Å². The second kappa shape index (κ2) is 6.19. The molecule has 1 aliphatic rings. The quantitative estimate of drug-likeness (QED) is 0.876. The zero-order chi connectivity index (χ0) is 17.3. The van der Waals surface area contributed by atoms with Crippen LogP contribution in [0.1, 0.15) is 27.1 Å². The molecule has 2 aromatic carbocycles. The molecule has 1 heterocycles. The number of halogens is 2. The summed E-state index contributed by atoms with van der Waals surface area (Å²) in [5.41, 5.74) is -0.289. The number of carbonyl (C=O) groups is 3. The Bertz CT molecular complexity index is 851. The third kappa shape index (κ3) is 2.76. The largest absolute Gasteiger partial charge is 0.324 e. The maximum Gasteiger partial charge on any atom is 0.264 e. The molecule has 0 spiro atoms. The van der Waals surface area contributed by atoms with Crippen molar-refractivity contribution in [2.75, 3.05) is 11.9 Å². The third-order valence-electron chi connectivity index (χ3n) is 3.66. The van der Waals surface area contributed by atoms with Crippen LogP contribution in [0, 0.1) is 11.6 Å². The van der Waals surface area contributed by atoms with E-state index in [1.165, 1.54) is 30.3 Å². The van der Waals surface area contributed by atoms with Gasteiger partial charge in [0.2, 0.25) is 5.91 Å². The van der Waals surface area contributed by atoms with Gasteiger partial charge >= 0.3 is 0 Å². The SMILES string of the molecule is O=C(CCN1C(=O)c2cccc(F)c2C1=O)Nc1ccccc1F. The minimum absolute atomic E-state index is 0.0101. The molecule has 3 rings (SSSR count). The van der Waals surface area contributed by atoms with Gasteiger partial charge in [0.25, 0.3) is 11.8 Å². The monoisotopic (exact) mass is 330 g/mol. The topological polar surface area (TPSA) is 66.5 Å². The Morgan fingerprint density at radius 1 is 0.958 bits per heavy atom. The van der Waals surface area contributed by atoms with E-state index in [4.69, 9.17) is 0 Å². The number of anilines is 1. The number of fused-ring (bicyclic) bond motifs is 1. The normalized spacial score (nSPS) is 13.2. The summed E-state index contributed by atoms with van der Waals surface area (Å²) in [6.07, 6.45) is -0.221. The highest BCUT2D eigenvalue weighted by atomic mass is 19.1. The van der Waals surface area contributed by atoms with Crippen molar-refractivity contribution >= 4 is 23.4 Å². The Labute approximate surface area is 135 Å². The number of para-hydroxylation sites is 1. The molecule has 122 valence electrons. The lowest BCUT2D eigenvalue weighted by molar-refractivity contribution is -0.116. The van der Waals surface area contributed by atoms with Gasteiger partial charge in [0.15, 0.2) is 0 Å². The van der Waals surface area contributed by atoms with Gasteiger partial charge in [-0.15, -0.1) is 0 Å². The van der Waals surface area contributed by atoms with Gasteiger partial charge in [0, 0.05) is 13.0 Å². The molecule has 5 nitrogen and oxygen atoms in total. The molecule has 1 N–H and O–H groups in total. The van der Waals surface area contributed by atoms with Crippen molar-refractivity contribution in [1.82, 2.24) is 4.90 Å². The summed E-state index contributed by atoms with van der Waals surface area (Å²) in [4.78, 5) is 36.9. The molecule has 0 unspecified atom stereocenters. The van der Waals surface area contributed by atoms with Crippen LogP contribution >= 0.6 is 0 Å². The molecular weight excluding hydrogens is 318 g/mol. The molecule has 2 aromatic rings. The number of amides is 3. The molecule has 3 amide bonds. The Balaban J connectivity index is 1.67. The first-order valence-electron chi connectivity index (χ1n) is 7.18. The van der Waals surface area contributed by atoms with E-state index in [-0.39, 0.29) is 29.8 Å². The fourth-order valence-electron chi connectivity index (χ4n) is 2.48. The number of benzene rings is 2. The van der Waals surface area contributed by atoms with Crippen LogP contribution in [-0.2, 0) is 4.79 Å². The minimum atomic E-state index is -0.774. The molecule has 0 saturated heterocycles. The van der Waals surface area contributed by atoms with Gasteiger partial charge in [-0.05, 0) is 24.3 Å². The van der Waals surface area contributed by atoms with E-state index in [1.807, 2.05) is 0 Å². The fourth-order valence-corrected chi connectivity index (χ4v) is 2.48. The van der Waals surface area contributed by atoms with Crippen LogP contribution in [0.2, 0.25) is 0 Å². The van der Waals surface area contributed by atoms with Gasteiger partial charge in [-0.25, -0.2) is 8.78 Å². The van der Waals surface area contributed by atoms with Crippen LogP contribution in [-0.4, -0.2) is 29.2 Å². The maximum atomic E-state index is 13.7. The second-order valence-electron chi connectivity index (χ2n) is 5.20. The molecule has 0 bridgehead atoms. The van der Waals surface area contributed by atoms with E-state index < -0.39 is 29.4 Å². The molecule has 0 aliphatic carbocycles. The molecule has 7 heteroatoms. The molecule has 0 radical (unpaired) electrons. The van der Waals surface area contributed by atoms with Crippen molar-refractivity contribution in [2.45, 2.75) is 6.42 Å². The number of rotatable bonds is 4. The number of nitrogens with one attached hydrogen (secondary N) is 1. The van der Waals surface area contributed by atoms with E-state index >= 15 is 0 Å². The number of hydrogen-bond donors (Lipinski definition) is 1. The van der Waals surface area contributed by atoms with E-state index in [0.717, 1.165) is 11.0 Å². The van der Waals surface area contributed by atoms with Gasteiger partial charge in [-0.3, -0.25) is 19.3 Å². The van der Waals surface area contributed by atoms with E-state index in [9.17, 15) is 23.2 Å². The van der Waals surface area contributed by atoms with Crippen LogP contribution in [0.25, 0.3) is 0 Å². The van der Waals surface area contributed by atoms with Crippen molar-refractivity contribution in [2.24, 2.45) is 0 Å². The summed E-state index contributed by atoms with van der Waals surface area (Å²) in [7, 11) is 0. The van der Waals surface area contributed by atoms with Crippen molar-refractivity contribution in [1.29, 1.82) is 0 Å². The molecular formula is C17H12F2N2O3. The Morgan fingerprint density at radius 2 is 1.67 bits per heavy atom. The molecule has 1 aliphatic heterocycles. The number of carbonyl (C=O) groups excluding carboxylic acids is 3. The smallest absolute Gasteiger partial charge is 0.264 e. The van der Waals surface area contributed by atoms with Crippen molar-refractivity contribution in [3.05, 3.63) is 65.2 Å². The Morgan fingerprint density at radius 3 is 2.38 bits per heavy atom. The van der Waals surface area contributed by atoms with Crippen LogP contribution in [0.5, 0.6) is 0 Å². The van der Waals surface area contributed by atoms with E-state index in [0.29, 0.717) is 0 Å². The van der Waals surface area contributed by atoms with Gasteiger partial charge in [-0.1, -0.05) is 18.2 Å². The summed E-state index contributed by atoms with van der Waals surface area (Å²) >= 11 is 0. The number of imide groups is 1. The lowest BCUT2D eigenvalue weighted by Gasteiger charge is -2.13. The van der Waals surface area contributed by atoms with Crippen LogP contribution in [0.4, 0.5) is 14.5 Å². The lowest BCUT2D eigenvalue weighted by atomic mass is 10.1. The Hall–Kier alpha value is -3.09. The first-order chi connectivity index (χ1) is 11.5. The summed E-state index contributed by atoms with van der Waals surface area (Å²) in [5.74, 6) is -3.34. The van der Waals surface area contributed by atoms with Crippen molar-refractivity contribution in [3.8, 4) is 0 Å². The predicted octanol–water partition coefficient (Wildman–Crippen LogP) is 2.59. The van der Waals surface area contributed by atoms with Crippen LogP contribution < -0.4 is 5.32 Å². The molecule has 0 atom stereocenters. The first kappa shape index (κ1) is 15.8. The summed E-state index contributed by atoms with van der Waals surface area (Å²) in [5, 5.41) is 2.36. The van der Waals surface area contributed by atoms with Crippen LogP contribution in [0.3, 0.4) is 0 Å². The standard InChI is InChI=1S/C17H12F2N2O3/c18-11-5-1-2-7-13(11)20-14(22)8-9-21-16(23)10-4-3-6-12(19)15(10)17(21)24/h1-7H,8-9H2,(H,20,22). The van der Waals surface area contributed by atoms with Crippen molar-refractivity contribution < 1.29 is 23.2 Å². The first-order valence-corrected chi connectivity index (χ1v) is 7.18. The van der Waals surface area contributed by atoms with Crippen LogP contribution in [0.15, 0.2) is 42.5 Å². The highest BCUT2D eigenvalue weighted by Gasteiger charge is 2.37. The van der Waals surface area contributed by atoms with Gasteiger partial charge in [0.1, 0.15) is 11.6 Å². The molecule has 24 heavy (non-hydrogen) atoms. The molecule has 0 fully saturated rings. The molecule has 0 aromatic heterocycles.